The number of rotatable bonds is 5. The van der Waals surface area contributed by atoms with Crippen molar-refractivity contribution in [2.45, 2.75) is 31.8 Å². The third-order valence-electron chi connectivity index (χ3n) is 3.48. The van der Waals surface area contributed by atoms with E-state index in [2.05, 4.69) is 9.51 Å². The number of ether oxygens (including phenoxy) is 2. The van der Waals surface area contributed by atoms with E-state index in [1.165, 1.54) is 17.9 Å². The summed E-state index contributed by atoms with van der Waals surface area (Å²) in [6, 6.07) is 0.0485. The molecule has 124 valence electrons. The van der Waals surface area contributed by atoms with Crippen LogP contribution < -0.4 is 10.3 Å². The van der Waals surface area contributed by atoms with Crippen LogP contribution in [0.3, 0.4) is 0 Å². The molecule has 1 aliphatic rings. The van der Waals surface area contributed by atoms with Gasteiger partial charge in [-0.3, -0.25) is 13.9 Å². The molecule has 0 aliphatic carbocycles. The molecule has 1 fully saturated rings. The summed E-state index contributed by atoms with van der Waals surface area (Å²) in [5, 5.41) is 10.0. The fourth-order valence-corrected chi connectivity index (χ4v) is 3.19. The first-order valence-corrected chi connectivity index (χ1v) is 8.38. The van der Waals surface area contributed by atoms with Gasteiger partial charge in [-0.2, -0.15) is 4.98 Å². The topological polar surface area (TPSA) is 120 Å². The number of hydrogen-bond acceptors (Lipinski definition) is 7. The smallest absolute Gasteiger partial charge is 0.330 e. The number of hydrogen-bond donors (Lipinski definition) is 2. The monoisotopic (exact) mass is 334 g/mol. The van der Waals surface area contributed by atoms with Crippen molar-refractivity contribution in [3.05, 3.63) is 22.1 Å². The summed E-state index contributed by atoms with van der Waals surface area (Å²) in [4.78, 5) is 24.8. The van der Waals surface area contributed by atoms with Gasteiger partial charge >= 0.3 is 13.6 Å². The van der Waals surface area contributed by atoms with Gasteiger partial charge in [0.2, 0.25) is 0 Å². The van der Waals surface area contributed by atoms with Crippen LogP contribution in [0.4, 0.5) is 0 Å². The molecule has 1 saturated heterocycles. The van der Waals surface area contributed by atoms with Crippen molar-refractivity contribution in [2.75, 3.05) is 20.4 Å². The average molecular weight is 334 g/mol. The molecule has 2 rings (SSSR count). The van der Waals surface area contributed by atoms with Crippen molar-refractivity contribution in [3.8, 4) is 6.01 Å². The molecule has 1 aromatic rings. The van der Waals surface area contributed by atoms with Gasteiger partial charge in [-0.15, -0.1) is 0 Å². The first-order chi connectivity index (χ1) is 10.3. The fourth-order valence-electron chi connectivity index (χ4n) is 2.26. The summed E-state index contributed by atoms with van der Waals surface area (Å²) < 4.78 is 28.3. The molecule has 0 amide bonds. The molecule has 1 unspecified atom stereocenters. The Kier molecular flexibility index (Phi) is 5.03. The lowest BCUT2D eigenvalue weighted by Gasteiger charge is -2.20. The Morgan fingerprint density at radius 2 is 2.23 bits per heavy atom. The summed E-state index contributed by atoms with van der Waals surface area (Å²) in [6.07, 6.45) is -1.08. The molecule has 2 N–H and O–H groups in total. The Labute approximate surface area is 127 Å². The standard InChI is InChI=1S/C12H19N2O7P/c1-7-5-14(12(19-2)13-11(7)16)10-4-8(15)9(21-10)6-22(17,18)20-3/h5,8-10,15H,4,6H2,1-3H3,(H,17,18)/t8-,9-,10-/m1/s1. The second kappa shape index (κ2) is 6.47. The number of nitrogens with zero attached hydrogens (tertiary/aromatic N) is 2. The van der Waals surface area contributed by atoms with Gasteiger partial charge < -0.3 is 24.0 Å². The van der Waals surface area contributed by atoms with E-state index in [4.69, 9.17) is 9.47 Å². The van der Waals surface area contributed by atoms with Crippen LogP contribution in [0.25, 0.3) is 0 Å². The minimum Gasteiger partial charge on any atom is -0.468 e. The average Bonchev–Trinajstić information content (AvgIpc) is 2.81. The Hall–Kier alpha value is -1.25. The molecule has 10 heteroatoms. The predicted octanol–water partition coefficient (Wildman–Crippen LogP) is 0.0405. The maximum Gasteiger partial charge on any atom is 0.330 e. The maximum atomic E-state index is 11.6. The van der Waals surface area contributed by atoms with Crippen LogP contribution >= 0.6 is 7.60 Å². The fraction of sp³-hybridized carbons (Fsp3) is 0.667. The summed E-state index contributed by atoms with van der Waals surface area (Å²) in [7, 11) is -1.32. The minimum atomic E-state index is -3.81. The molecule has 2 heterocycles. The van der Waals surface area contributed by atoms with Crippen LogP contribution in [0.2, 0.25) is 0 Å². The zero-order valence-electron chi connectivity index (χ0n) is 12.5. The van der Waals surface area contributed by atoms with Gasteiger partial charge in [-0.25, -0.2) is 0 Å². The Balaban J connectivity index is 2.24. The van der Waals surface area contributed by atoms with Gasteiger partial charge in [-0.05, 0) is 6.92 Å². The number of aliphatic hydroxyl groups is 1. The zero-order valence-corrected chi connectivity index (χ0v) is 13.4. The largest absolute Gasteiger partial charge is 0.468 e. The summed E-state index contributed by atoms with van der Waals surface area (Å²) in [5.74, 6) is 0. The highest BCUT2D eigenvalue weighted by Crippen LogP contribution is 2.45. The molecule has 1 aliphatic heterocycles. The van der Waals surface area contributed by atoms with Crippen LogP contribution in [-0.4, -0.2) is 52.1 Å². The lowest BCUT2D eigenvalue weighted by atomic mass is 10.2. The summed E-state index contributed by atoms with van der Waals surface area (Å²) >= 11 is 0. The number of aliphatic hydroxyl groups excluding tert-OH is 1. The van der Waals surface area contributed by atoms with Crippen LogP contribution in [0, 0.1) is 6.92 Å². The van der Waals surface area contributed by atoms with E-state index in [9.17, 15) is 19.4 Å². The molecular weight excluding hydrogens is 315 g/mol. The Morgan fingerprint density at radius 3 is 2.82 bits per heavy atom. The van der Waals surface area contributed by atoms with Crippen LogP contribution in [0.5, 0.6) is 6.01 Å². The van der Waals surface area contributed by atoms with Crippen molar-refractivity contribution in [2.24, 2.45) is 0 Å². The molecule has 22 heavy (non-hydrogen) atoms. The minimum absolute atomic E-state index is 0.0485. The van der Waals surface area contributed by atoms with E-state index in [1.54, 1.807) is 6.92 Å². The van der Waals surface area contributed by atoms with Crippen molar-refractivity contribution in [1.82, 2.24) is 9.55 Å². The van der Waals surface area contributed by atoms with Crippen LogP contribution in [0.1, 0.15) is 18.2 Å². The Bertz CT molecular complexity index is 647. The van der Waals surface area contributed by atoms with E-state index in [-0.39, 0.29) is 18.6 Å². The predicted molar refractivity (Wildman–Crippen MR) is 76.0 cm³/mol. The molecule has 0 bridgehead atoms. The first kappa shape index (κ1) is 17.1. The van der Waals surface area contributed by atoms with Gasteiger partial charge in [0.05, 0.1) is 25.5 Å². The number of aryl methyl sites for hydroxylation is 1. The highest BCUT2D eigenvalue weighted by molar-refractivity contribution is 7.52. The quantitative estimate of drug-likeness (QED) is 0.724. The lowest BCUT2D eigenvalue weighted by Crippen LogP contribution is -2.25. The third-order valence-corrected chi connectivity index (χ3v) is 4.87. The second-order valence-corrected chi connectivity index (χ2v) is 7.06. The van der Waals surface area contributed by atoms with Gasteiger partial charge in [0.25, 0.3) is 5.56 Å². The van der Waals surface area contributed by atoms with E-state index in [0.717, 1.165) is 7.11 Å². The normalized spacial score (nSPS) is 27.6. The molecule has 0 radical (unpaired) electrons. The molecule has 0 saturated carbocycles. The van der Waals surface area contributed by atoms with Gasteiger partial charge in [0.15, 0.2) is 0 Å². The third kappa shape index (κ3) is 3.56. The maximum absolute atomic E-state index is 11.6. The number of aromatic nitrogens is 2. The molecule has 1 aromatic heterocycles. The van der Waals surface area contributed by atoms with E-state index in [0.29, 0.717) is 5.56 Å². The SMILES string of the molecule is COc1nc(=O)c(C)cn1[C@H]1C[C@@H](O)[C@@H](CP(=O)(O)OC)O1. The second-order valence-electron chi connectivity index (χ2n) is 5.06. The van der Waals surface area contributed by atoms with Gasteiger partial charge in [0.1, 0.15) is 6.23 Å². The molecule has 0 spiro atoms. The molecular formula is C12H19N2O7P. The first-order valence-electron chi connectivity index (χ1n) is 6.62. The lowest BCUT2D eigenvalue weighted by molar-refractivity contribution is -0.0124. The van der Waals surface area contributed by atoms with Crippen LogP contribution in [0.15, 0.2) is 11.0 Å². The molecule has 9 nitrogen and oxygen atoms in total. The van der Waals surface area contributed by atoms with E-state index < -0.39 is 31.6 Å². The van der Waals surface area contributed by atoms with Crippen molar-refractivity contribution in [3.63, 3.8) is 0 Å². The van der Waals surface area contributed by atoms with Crippen LogP contribution in [-0.2, 0) is 13.8 Å². The van der Waals surface area contributed by atoms with Crippen molar-refractivity contribution >= 4 is 7.60 Å². The highest BCUT2D eigenvalue weighted by atomic mass is 31.2. The van der Waals surface area contributed by atoms with E-state index in [1.807, 2.05) is 0 Å². The highest BCUT2D eigenvalue weighted by Gasteiger charge is 2.40. The number of methoxy groups -OCH3 is 1. The summed E-state index contributed by atoms with van der Waals surface area (Å²) in [6.45, 7) is 1.60. The van der Waals surface area contributed by atoms with Gasteiger partial charge in [0, 0.05) is 25.3 Å². The zero-order chi connectivity index (χ0) is 16.5. The summed E-state index contributed by atoms with van der Waals surface area (Å²) in [5.41, 5.74) is -0.0190. The van der Waals surface area contributed by atoms with Gasteiger partial charge in [-0.1, -0.05) is 0 Å². The molecule has 0 aromatic carbocycles. The van der Waals surface area contributed by atoms with Crippen molar-refractivity contribution in [1.29, 1.82) is 0 Å². The van der Waals surface area contributed by atoms with Crippen molar-refractivity contribution < 1.29 is 28.6 Å². The Morgan fingerprint density at radius 1 is 1.55 bits per heavy atom. The molecule has 4 atom stereocenters. The van der Waals surface area contributed by atoms with E-state index >= 15 is 0 Å².